The largest absolute Gasteiger partial charge is 0.495 e. The molecular weight excluding hydrogens is 447 g/mol. The molecular formula is C27H29FN4O3. The number of methoxy groups -OCH3 is 1. The molecule has 35 heavy (non-hydrogen) atoms. The van der Waals surface area contributed by atoms with Crippen LogP contribution in [0.1, 0.15) is 36.6 Å². The second-order valence-electron chi connectivity index (χ2n) is 9.17. The van der Waals surface area contributed by atoms with Gasteiger partial charge in [-0.3, -0.25) is 9.83 Å². The smallest absolute Gasteiger partial charge is 0.152 e. The highest BCUT2D eigenvalue weighted by Crippen LogP contribution is 2.41. The number of nitrogens with zero attached hydrogens (tertiary/aromatic N) is 4. The van der Waals surface area contributed by atoms with Crippen LogP contribution in [0, 0.1) is 12.7 Å². The Hall–Kier alpha value is -3.49. The average Bonchev–Trinajstić information content (AvgIpc) is 3.30. The number of aryl methyl sites for hydroxylation is 1. The molecule has 7 nitrogen and oxygen atoms in total. The zero-order valence-electron chi connectivity index (χ0n) is 20.1. The third kappa shape index (κ3) is 4.35. The first-order valence-corrected chi connectivity index (χ1v) is 11.7. The van der Waals surface area contributed by atoms with Crippen LogP contribution in [0.3, 0.4) is 0 Å². The standard InChI is InChI=1S/C27H29FN4O3/c1-18-15-31(17-29-18)24-9-4-19(13-25(24)34-3)12-20-10-11-35-32-26(20)30-23(16-33)14-27(32,2)21-5-7-22(28)8-6-21/h4-9,12-13,15,17,23,33H,10-11,14,16H2,1-3H3. The van der Waals surface area contributed by atoms with Crippen LogP contribution in [0.2, 0.25) is 0 Å². The van der Waals surface area contributed by atoms with Crippen LogP contribution in [-0.2, 0) is 10.4 Å². The van der Waals surface area contributed by atoms with E-state index in [9.17, 15) is 9.50 Å². The van der Waals surface area contributed by atoms with Crippen molar-refractivity contribution in [2.75, 3.05) is 20.3 Å². The first-order chi connectivity index (χ1) is 16.9. The second-order valence-corrected chi connectivity index (χ2v) is 9.17. The Morgan fingerprint density at radius 1 is 1.26 bits per heavy atom. The molecule has 3 aromatic rings. The highest BCUT2D eigenvalue weighted by molar-refractivity contribution is 6.03. The molecule has 5 rings (SSSR count). The highest BCUT2D eigenvalue weighted by Gasteiger charge is 2.45. The lowest BCUT2D eigenvalue weighted by atomic mass is 9.82. The first kappa shape index (κ1) is 23.3. The molecule has 0 spiro atoms. The summed E-state index contributed by atoms with van der Waals surface area (Å²) < 4.78 is 21.2. The number of aliphatic hydroxyl groups is 1. The molecule has 1 saturated heterocycles. The van der Waals surface area contributed by atoms with Crippen LogP contribution in [0.4, 0.5) is 4.39 Å². The lowest BCUT2D eigenvalue weighted by Gasteiger charge is -2.49. The normalized spacial score (nSPS) is 23.2. The molecule has 3 heterocycles. The molecule has 0 radical (unpaired) electrons. The number of benzene rings is 2. The maximum absolute atomic E-state index is 13.6. The molecule has 2 atom stereocenters. The molecule has 0 bridgehead atoms. The van der Waals surface area contributed by atoms with E-state index in [1.54, 1.807) is 25.6 Å². The van der Waals surface area contributed by atoms with Crippen LogP contribution in [0.25, 0.3) is 11.8 Å². The van der Waals surface area contributed by atoms with E-state index in [0.29, 0.717) is 25.3 Å². The molecule has 1 N–H and O–H groups in total. The fraction of sp³-hybridized carbons (Fsp3) is 0.333. The van der Waals surface area contributed by atoms with Gasteiger partial charge >= 0.3 is 0 Å². The van der Waals surface area contributed by atoms with Crippen molar-refractivity contribution < 1.29 is 19.1 Å². The summed E-state index contributed by atoms with van der Waals surface area (Å²) in [6.07, 6.45) is 7.04. The average molecular weight is 477 g/mol. The lowest BCUT2D eigenvalue weighted by molar-refractivity contribution is -0.181. The number of hydrogen-bond acceptors (Lipinski definition) is 6. The van der Waals surface area contributed by atoms with E-state index >= 15 is 0 Å². The van der Waals surface area contributed by atoms with E-state index in [-0.39, 0.29) is 18.5 Å². The Labute approximate surface area is 204 Å². The summed E-state index contributed by atoms with van der Waals surface area (Å²) >= 11 is 0. The van der Waals surface area contributed by atoms with Crippen molar-refractivity contribution in [2.24, 2.45) is 4.99 Å². The maximum atomic E-state index is 13.6. The van der Waals surface area contributed by atoms with E-state index in [4.69, 9.17) is 14.6 Å². The number of fused-ring (bicyclic) bond motifs is 1. The van der Waals surface area contributed by atoms with Gasteiger partial charge in [0.2, 0.25) is 0 Å². The lowest BCUT2D eigenvalue weighted by Crippen LogP contribution is -2.55. The number of hydrogen-bond donors (Lipinski definition) is 1. The van der Waals surface area contributed by atoms with Gasteiger partial charge in [-0.1, -0.05) is 18.2 Å². The number of hydroxylamine groups is 2. The van der Waals surface area contributed by atoms with Gasteiger partial charge in [0.25, 0.3) is 0 Å². The summed E-state index contributed by atoms with van der Waals surface area (Å²) in [5.74, 6) is 1.14. The molecule has 8 heteroatoms. The predicted octanol–water partition coefficient (Wildman–Crippen LogP) is 4.43. The molecule has 2 aromatic carbocycles. The van der Waals surface area contributed by atoms with Crippen molar-refractivity contribution in [3.63, 3.8) is 0 Å². The van der Waals surface area contributed by atoms with Crippen molar-refractivity contribution >= 4 is 11.9 Å². The van der Waals surface area contributed by atoms with Gasteiger partial charge in [-0.15, -0.1) is 0 Å². The summed E-state index contributed by atoms with van der Waals surface area (Å²) in [7, 11) is 1.65. The van der Waals surface area contributed by atoms with Crippen molar-refractivity contribution in [1.82, 2.24) is 14.6 Å². The van der Waals surface area contributed by atoms with Gasteiger partial charge in [-0.2, -0.15) is 0 Å². The number of aliphatic hydroxyl groups excluding tert-OH is 1. The van der Waals surface area contributed by atoms with Gasteiger partial charge in [-0.25, -0.2) is 14.4 Å². The minimum absolute atomic E-state index is 0.0752. The molecule has 0 saturated carbocycles. The minimum Gasteiger partial charge on any atom is -0.495 e. The number of imidazole rings is 1. The fourth-order valence-electron chi connectivity index (χ4n) is 4.86. The van der Waals surface area contributed by atoms with Gasteiger partial charge in [0.05, 0.1) is 49.6 Å². The van der Waals surface area contributed by atoms with E-state index in [0.717, 1.165) is 33.8 Å². The summed E-state index contributed by atoms with van der Waals surface area (Å²) in [6, 6.07) is 12.2. The monoisotopic (exact) mass is 476 g/mol. The van der Waals surface area contributed by atoms with Gasteiger partial charge in [0, 0.05) is 19.0 Å². The Bertz CT molecular complexity index is 1280. The fourth-order valence-corrected chi connectivity index (χ4v) is 4.86. The van der Waals surface area contributed by atoms with Gasteiger partial charge < -0.3 is 14.4 Å². The van der Waals surface area contributed by atoms with Crippen LogP contribution < -0.4 is 4.74 Å². The Kier molecular flexibility index (Phi) is 6.17. The number of rotatable bonds is 5. The minimum atomic E-state index is -0.599. The van der Waals surface area contributed by atoms with Gasteiger partial charge in [-0.05, 0) is 60.9 Å². The summed E-state index contributed by atoms with van der Waals surface area (Å²) in [6.45, 7) is 4.41. The Morgan fingerprint density at radius 3 is 2.74 bits per heavy atom. The van der Waals surface area contributed by atoms with Crippen molar-refractivity contribution in [2.45, 2.75) is 38.3 Å². The summed E-state index contributed by atoms with van der Waals surface area (Å²) in [5.41, 5.74) is 4.13. The third-order valence-corrected chi connectivity index (χ3v) is 6.67. The van der Waals surface area contributed by atoms with E-state index in [2.05, 4.69) is 11.1 Å². The van der Waals surface area contributed by atoms with Crippen LogP contribution in [0.15, 0.2) is 65.6 Å². The molecule has 0 amide bonds. The molecule has 1 aromatic heterocycles. The maximum Gasteiger partial charge on any atom is 0.152 e. The summed E-state index contributed by atoms with van der Waals surface area (Å²) in [4.78, 5) is 15.3. The summed E-state index contributed by atoms with van der Waals surface area (Å²) in [5, 5.41) is 11.9. The zero-order chi connectivity index (χ0) is 24.6. The van der Waals surface area contributed by atoms with Crippen molar-refractivity contribution in [1.29, 1.82) is 0 Å². The van der Waals surface area contributed by atoms with E-state index in [1.165, 1.54) is 12.1 Å². The number of ether oxygens (including phenoxy) is 1. The van der Waals surface area contributed by atoms with Crippen LogP contribution in [-0.4, -0.2) is 51.9 Å². The number of amidine groups is 1. The topological polar surface area (TPSA) is 72.1 Å². The van der Waals surface area contributed by atoms with Gasteiger partial charge in [0.15, 0.2) is 5.84 Å². The second kappa shape index (κ2) is 9.28. The van der Waals surface area contributed by atoms with E-state index in [1.807, 2.05) is 47.9 Å². The molecule has 2 aliphatic heterocycles. The third-order valence-electron chi connectivity index (χ3n) is 6.67. The molecule has 1 fully saturated rings. The molecule has 2 unspecified atom stereocenters. The molecule has 0 aliphatic carbocycles. The van der Waals surface area contributed by atoms with Crippen LogP contribution >= 0.6 is 0 Å². The quantitative estimate of drug-likeness (QED) is 0.590. The number of aromatic nitrogens is 2. The SMILES string of the molecule is COc1cc(C=C2CCON3C2=NC(CO)CC3(C)c2ccc(F)cc2)ccc1-n1cnc(C)c1. The molecule has 182 valence electrons. The predicted molar refractivity (Wildman–Crippen MR) is 132 cm³/mol. The molecule has 2 aliphatic rings. The Morgan fingerprint density at radius 2 is 2.06 bits per heavy atom. The number of halogens is 1. The van der Waals surface area contributed by atoms with Crippen LogP contribution in [0.5, 0.6) is 5.75 Å². The Balaban J connectivity index is 1.53. The van der Waals surface area contributed by atoms with Crippen molar-refractivity contribution in [3.8, 4) is 11.4 Å². The zero-order valence-corrected chi connectivity index (χ0v) is 20.1. The highest BCUT2D eigenvalue weighted by atomic mass is 19.1. The van der Waals surface area contributed by atoms with E-state index < -0.39 is 5.54 Å². The first-order valence-electron chi connectivity index (χ1n) is 11.7. The van der Waals surface area contributed by atoms with Crippen molar-refractivity contribution in [3.05, 3.63) is 83.2 Å². The number of aliphatic imine (C=N–C) groups is 1. The van der Waals surface area contributed by atoms with Gasteiger partial charge in [0.1, 0.15) is 11.6 Å².